The van der Waals surface area contributed by atoms with Gasteiger partial charge in [0.2, 0.25) is 5.91 Å². The van der Waals surface area contributed by atoms with Crippen LogP contribution in [-0.4, -0.2) is 44.7 Å². The minimum Gasteiger partial charge on any atom is -0.493 e. The molecule has 1 aliphatic heterocycles. The topological polar surface area (TPSA) is 50.8 Å². The Labute approximate surface area is 154 Å². The number of methoxy groups -OCH3 is 2. The van der Waals surface area contributed by atoms with Gasteiger partial charge in [-0.2, -0.15) is 0 Å². The zero-order valence-corrected chi connectivity index (χ0v) is 15.5. The maximum Gasteiger partial charge on any atom is 0.236 e. The molecule has 3 rings (SSSR count). The Morgan fingerprint density at radius 1 is 1.08 bits per heavy atom. The van der Waals surface area contributed by atoms with Crippen LogP contribution in [0.5, 0.6) is 11.5 Å². The molecule has 1 heterocycles. The van der Waals surface area contributed by atoms with Crippen molar-refractivity contribution in [2.45, 2.75) is 19.4 Å². The van der Waals surface area contributed by atoms with Crippen molar-refractivity contribution in [3.63, 3.8) is 0 Å². The first-order chi connectivity index (χ1) is 12.7. The number of fused-ring (bicyclic) bond motifs is 1. The molecule has 0 aliphatic carbocycles. The summed E-state index contributed by atoms with van der Waals surface area (Å²) >= 11 is 0. The highest BCUT2D eigenvalue weighted by Crippen LogP contribution is 2.27. The molecule has 0 spiro atoms. The number of benzene rings is 2. The molecule has 0 saturated carbocycles. The average molecular weight is 354 g/mol. The Morgan fingerprint density at radius 3 is 2.62 bits per heavy atom. The van der Waals surface area contributed by atoms with Gasteiger partial charge >= 0.3 is 0 Å². The van der Waals surface area contributed by atoms with E-state index in [0.717, 1.165) is 43.0 Å². The number of rotatable bonds is 7. The van der Waals surface area contributed by atoms with Crippen LogP contribution in [0.25, 0.3) is 0 Å². The van der Waals surface area contributed by atoms with Gasteiger partial charge in [-0.1, -0.05) is 30.3 Å². The van der Waals surface area contributed by atoms with E-state index in [1.165, 1.54) is 11.1 Å². The summed E-state index contributed by atoms with van der Waals surface area (Å²) in [5, 5.41) is 3.26. The second-order valence-electron chi connectivity index (χ2n) is 6.45. The summed E-state index contributed by atoms with van der Waals surface area (Å²) < 4.78 is 10.6. The van der Waals surface area contributed by atoms with Crippen LogP contribution in [0, 0.1) is 0 Å². The third-order valence-corrected chi connectivity index (χ3v) is 4.80. The number of amides is 1. The molecule has 138 valence electrons. The van der Waals surface area contributed by atoms with E-state index in [2.05, 4.69) is 23.5 Å². The van der Waals surface area contributed by atoms with Gasteiger partial charge in [-0.15, -0.1) is 0 Å². The number of nitrogens with one attached hydrogen (secondary N) is 1. The van der Waals surface area contributed by atoms with E-state index in [4.69, 9.17) is 9.47 Å². The quantitative estimate of drug-likeness (QED) is 0.776. The van der Waals surface area contributed by atoms with Crippen LogP contribution in [0.3, 0.4) is 0 Å². The van der Waals surface area contributed by atoms with Crippen molar-refractivity contribution in [1.29, 1.82) is 0 Å². The summed E-state index contributed by atoms with van der Waals surface area (Å²) in [5.41, 5.74) is 3.77. The number of carbonyl (C=O) groups is 1. The molecule has 26 heavy (non-hydrogen) atoms. The van der Waals surface area contributed by atoms with E-state index in [0.29, 0.717) is 13.1 Å². The van der Waals surface area contributed by atoms with Gasteiger partial charge in [-0.3, -0.25) is 4.79 Å². The number of ether oxygens (including phenoxy) is 2. The van der Waals surface area contributed by atoms with E-state index in [9.17, 15) is 4.79 Å². The van der Waals surface area contributed by atoms with Crippen molar-refractivity contribution >= 4 is 5.91 Å². The minimum absolute atomic E-state index is 0.159. The first kappa shape index (κ1) is 18.3. The number of carbonyl (C=O) groups excluding carboxylic acids is 1. The second-order valence-corrected chi connectivity index (χ2v) is 6.45. The van der Waals surface area contributed by atoms with Crippen molar-refractivity contribution in [3.05, 3.63) is 59.2 Å². The predicted molar refractivity (Wildman–Crippen MR) is 102 cm³/mol. The highest BCUT2D eigenvalue weighted by Gasteiger charge is 2.19. The molecule has 0 saturated heterocycles. The summed E-state index contributed by atoms with van der Waals surface area (Å²) in [7, 11) is 3.26. The van der Waals surface area contributed by atoms with Crippen molar-refractivity contribution in [2.75, 3.05) is 33.9 Å². The maximum absolute atomic E-state index is 12.4. The lowest BCUT2D eigenvalue weighted by Gasteiger charge is -2.29. The lowest BCUT2D eigenvalue weighted by molar-refractivity contribution is -0.131. The number of hydrogen-bond donors (Lipinski definition) is 1. The molecule has 1 amide bonds. The molecule has 0 fully saturated rings. The van der Waals surface area contributed by atoms with Gasteiger partial charge in [0.05, 0.1) is 20.8 Å². The summed E-state index contributed by atoms with van der Waals surface area (Å²) in [5.74, 6) is 1.62. The van der Waals surface area contributed by atoms with Crippen molar-refractivity contribution in [2.24, 2.45) is 0 Å². The summed E-state index contributed by atoms with van der Waals surface area (Å²) in [4.78, 5) is 14.4. The van der Waals surface area contributed by atoms with Crippen molar-refractivity contribution < 1.29 is 14.3 Å². The zero-order valence-electron chi connectivity index (χ0n) is 15.5. The summed E-state index contributed by atoms with van der Waals surface area (Å²) in [6.07, 6.45) is 1.77. The van der Waals surface area contributed by atoms with Gasteiger partial charge in [0.15, 0.2) is 11.5 Å². The fourth-order valence-electron chi connectivity index (χ4n) is 3.28. The van der Waals surface area contributed by atoms with Crippen LogP contribution in [0.4, 0.5) is 0 Å². The molecule has 5 nitrogen and oxygen atoms in total. The van der Waals surface area contributed by atoms with Gasteiger partial charge in [0.1, 0.15) is 0 Å². The molecular formula is C21H26N2O3. The number of hydrogen-bond acceptors (Lipinski definition) is 4. The van der Waals surface area contributed by atoms with E-state index in [-0.39, 0.29) is 5.91 Å². The maximum atomic E-state index is 12.4. The third-order valence-electron chi connectivity index (χ3n) is 4.80. The molecular weight excluding hydrogens is 328 g/mol. The molecule has 0 bridgehead atoms. The Bertz CT molecular complexity index is 761. The molecule has 5 heteroatoms. The number of nitrogens with zero attached hydrogens (tertiary/aromatic N) is 1. The second kappa shape index (κ2) is 8.72. The van der Waals surface area contributed by atoms with Gasteiger partial charge < -0.3 is 19.7 Å². The average Bonchev–Trinajstić information content (AvgIpc) is 2.70. The van der Waals surface area contributed by atoms with Gasteiger partial charge in [0.25, 0.3) is 0 Å². The fourth-order valence-corrected chi connectivity index (χ4v) is 3.28. The fraction of sp³-hybridized carbons (Fsp3) is 0.381. The zero-order chi connectivity index (χ0) is 18.4. The normalized spacial score (nSPS) is 13.2. The molecule has 1 aliphatic rings. The van der Waals surface area contributed by atoms with Gasteiger partial charge in [-0.05, 0) is 48.2 Å². The SMILES string of the molecule is COc1ccc(CCNCC(=O)N2CCc3ccccc3C2)cc1OC. The molecule has 0 radical (unpaired) electrons. The molecule has 2 aromatic carbocycles. The lowest BCUT2D eigenvalue weighted by Crippen LogP contribution is -2.41. The Hall–Kier alpha value is -2.53. The Morgan fingerprint density at radius 2 is 1.85 bits per heavy atom. The smallest absolute Gasteiger partial charge is 0.236 e. The molecule has 1 N–H and O–H groups in total. The van der Waals surface area contributed by atoms with E-state index >= 15 is 0 Å². The standard InChI is InChI=1S/C21H26N2O3/c1-25-19-8-7-16(13-20(19)26-2)9-11-22-14-21(24)23-12-10-17-5-3-4-6-18(17)15-23/h3-8,13,22H,9-12,14-15H2,1-2H3. The minimum atomic E-state index is 0.159. The van der Waals surface area contributed by atoms with Crippen molar-refractivity contribution in [3.8, 4) is 11.5 Å². The van der Waals surface area contributed by atoms with Crippen LogP contribution in [-0.2, 0) is 24.2 Å². The van der Waals surface area contributed by atoms with Crippen molar-refractivity contribution in [1.82, 2.24) is 10.2 Å². The third kappa shape index (κ3) is 4.35. The van der Waals surface area contributed by atoms with Crippen LogP contribution >= 0.6 is 0 Å². The van der Waals surface area contributed by atoms with E-state index in [1.807, 2.05) is 29.2 Å². The summed E-state index contributed by atoms with van der Waals surface area (Å²) in [6, 6.07) is 14.3. The largest absolute Gasteiger partial charge is 0.493 e. The van der Waals surface area contributed by atoms with Crippen LogP contribution in [0.2, 0.25) is 0 Å². The first-order valence-electron chi connectivity index (χ1n) is 8.97. The van der Waals surface area contributed by atoms with Gasteiger partial charge in [-0.25, -0.2) is 0 Å². The van der Waals surface area contributed by atoms with E-state index in [1.54, 1.807) is 14.2 Å². The van der Waals surface area contributed by atoms with Crippen LogP contribution in [0.1, 0.15) is 16.7 Å². The molecule has 2 aromatic rings. The van der Waals surface area contributed by atoms with Gasteiger partial charge in [0, 0.05) is 13.1 Å². The van der Waals surface area contributed by atoms with E-state index < -0.39 is 0 Å². The lowest BCUT2D eigenvalue weighted by atomic mass is 10.00. The predicted octanol–water partition coefficient (Wildman–Crippen LogP) is 2.42. The van der Waals surface area contributed by atoms with Crippen LogP contribution < -0.4 is 14.8 Å². The first-order valence-corrected chi connectivity index (χ1v) is 8.97. The monoisotopic (exact) mass is 354 g/mol. The highest BCUT2D eigenvalue weighted by atomic mass is 16.5. The highest BCUT2D eigenvalue weighted by molar-refractivity contribution is 5.78. The Kier molecular flexibility index (Phi) is 6.12. The molecule has 0 atom stereocenters. The molecule has 0 unspecified atom stereocenters. The molecule has 0 aromatic heterocycles. The summed E-state index contributed by atoms with van der Waals surface area (Å²) in [6.45, 7) is 2.63. The van der Waals surface area contributed by atoms with Crippen LogP contribution in [0.15, 0.2) is 42.5 Å². The Balaban J connectivity index is 1.45.